The van der Waals surface area contributed by atoms with Gasteiger partial charge in [0, 0.05) is 0 Å². The molecule has 0 atom stereocenters. The lowest BCUT2D eigenvalue weighted by atomic mass is 10.1. The smallest absolute Gasteiger partial charge is 0.485 e. The van der Waals surface area contributed by atoms with Gasteiger partial charge in [-0.25, -0.2) is 0 Å². The van der Waals surface area contributed by atoms with E-state index in [4.69, 9.17) is 9.84 Å². The standard InChI is InChI=1S/C15H13F3O3/c16-15(17,18)21-14-4-2-1-3-13(14)20-10-12-7-5-11(9-19)6-8-12/h1-8,19H,9-10H2. The first-order valence-electron chi connectivity index (χ1n) is 6.14. The Labute approximate surface area is 119 Å². The average Bonchev–Trinajstić information content (AvgIpc) is 2.45. The molecule has 0 bridgehead atoms. The van der Waals surface area contributed by atoms with Crippen LogP contribution < -0.4 is 9.47 Å². The Morgan fingerprint density at radius 3 is 2.00 bits per heavy atom. The maximum Gasteiger partial charge on any atom is 0.573 e. The Morgan fingerprint density at radius 2 is 1.43 bits per heavy atom. The van der Waals surface area contributed by atoms with Crippen LogP contribution in [-0.2, 0) is 13.2 Å². The van der Waals surface area contributed by atoms with Crippen molar-refractivity contribution in [3.05, 3.63) is 59.7 Å². The molecule has 0 aromatic heterocycles. The van der Waals surface area contributed by atoms with Gasteiger partial charge in [0.15, 0.2) is 11.5 Å². The first-order chi connectivity index (χ1) is 9.98. The molecule has 2 aromatic carbocycles. The van der Waals surface area contributed by atoms with E-state index in [1.165, 1.54) is 18.2 Å². The van der Waals surface area contributed by atoms with Crippen molar-refractivity contribution in [2.24, 2.45) is 0 Å². The Bertz CT molecular complexity index is 579. The van der Waals surface area contributed by atoms with E-state index in [0.717, 1.165) is 11.1 Å². The first-order valence-corrected chi connectivity index (χ1v) is 6.14. The van der Waals surface area contributed by atoms with Crippen molar-refractivity contribution in [1.29, 1.82) is 0 Å². The van der Waals surface area contributed by atoms with Gasteiger partial charge in [0.2, 0.25) is 0 Å². The van der Waals surface area contributed by atoms with Gasteiger partial charge in [0.1, 0.15) is 6.61 Å². The molecule has 0 saturated heterocycles. The molecule has 0 radical (unpaired) electrons. The van der Waals surface area contributed by atoms with E-state index in [-0.39, 0.29) is 24.7 Å². The molecule has 0 unspecified atom stereocenters. The second-order valence-corrected chi connectivity index (χ2v) is 4.26. The van der Waals surface area contributed by atoms with E-state index in [2.05, 4.69) is 4.74 Å². The maximum absolute atomic E-state index is 12.3. The minimum absolute atomic E-state index is 0.0149. The quantitative estimate of drug-likeness (QED) is 0.915. The van der Waals surface area contributed by atoms with Gasteiger partial charge in [-0.05, 0) is 23.3 Å². The number of hydrogen-bond donors (Lipinski definition) is 1. The van der Waals surface area contributed by atoms with Gasteiger partial charge in [-0.1, -0.05) is 36.4 Å². The number of para-hydroxylation sites is 2. The highest BCUT2D eigenvalue weighted by atomic mass is 19.4. The van der Waals surface area contributed by atoms with Crippen molar-refractivity contribution in [1.82, 2.24) is 0 Å². The molecule has 0 fully saturated rings. The zero-order valence-corrected chi connectivity index (χ0v) is 10.9. The summed E-state index contributed by atoms with van der Waals surface area (Å²) in [5.41, 5.74) is 1.52. The number of hydrogen-bond acceptors (Lipinski definition) is 3. The summed E-state index contributed by atoms with van der Waals surface area (Å²) in [7, 11) is 0. The van der Waals surface area contributed by atoms with Crippen molar-refractivity contribution < 1.29 is 27.8 Å². The number of halogens is 3. The summed E-state index contributed by atoms with van der Waals surface area (Å²) in [6, 6.07) is 12.5. The summed E-state index contributed by atoms with van der Waals surface area (Å²) in [6.45, 7) is 0.0351. The van der Waals surface area contributed by atoms with Crippen LogP contribution in [0.25, 0.3) is 0 Å². The lowest BCUT2D eigenvalue weighted by molar-refractivity contribution is -0.275. The Morgan fingerprint density at radius 1 is 0.857 bits per heavy atom. The van der Waals surface area contributed by atoms with E-state index in [0.29, 0.717) is 0 Å². The highest BCUT2D eigenvalue weighted by molar-refractivity contribution is 5.39. The normalized spacial score (nSPS) is 11.2. The summed E-state index contributed by atoms with van der Waals surface area (Å²) < 4.78 is 46.1. The first kappa shape index (κ1) is 15.2. The van der Waals surface area contributed by atoms with Crippen molar-refractivity contribution in [2.75, 3.05) is 0 Å². The van der Waals surface area contributed by atoms with Crippen LogP contribution in [0.4, 0.5) is 13.2 Å². The molecule has 0 aliphatic carbocycles. The van der Waals surface area contributed by atoms with Crippen LogP contribution >= 0.6 is 0 Å². The zero-order chi connectivity index (χ0) is 15.3. The minimum atomic E-state index is -4.76. The molecule has 0 spiro atoms. The molecule has 2 rings (SSSR count). The van der Waals surface area contributed by atoms with Gasteiger partial charge < -0.3 is 14.6 Å². The molecule has 3 nitrogen and oxygen atoms in total. The fourth-order valence-corrected chi connectivity index (χ4v) is 1.68. The van der Waals surface area contributed by atoms with Crippen LogP contribution in [0.3, 0.4) is 0 Å². The predicted octanol–water partition coefficient (Wildman–Crippen LogP) is 3.66. The topological polar surface area (TPSA) is 38.7 Å². The second-order valence-electron chi connectivity index (χ2n) is 4.26. The lowest BCUT2D eigenvalue weighted by Gasteiger charge is -2.14. The fourth-order valence-electron chi connectivity index (χ4n) is 1.68. The molecular formula is C15H13F3O3. The summed E-state index contributed by atoms with van der Waals surface area (Å²) in [4.78, 5) is 0. The number of aliphatic hydroxyl groups is 1. The highest BCUT2D eigenvalue weighted by Crippen LogP contribution is 2.32. The van der Waals surface area contributed by atoms with Gasteiger partial charge in [0.05, 0.1) is 6.61 Å². The van der Waals surface area contributed by atoms with Crippen LogP contribution in [0.15, 0.2) is 48.5 Å². The molecule has 0 aliphatic rings. The maximum atomic E-state index is 12.3. The van der Waals surface area contributed by atoms with Crippen molar-refractivity contribution >= 4 is 0 Å². The van der Waals surface area contributed by atoms with E-state index >= 15 is 0 Å². The number of alkyl halides is 3. The predicted molar refractivity (Wildman–Crippen MR) is 69.8 cm³/mol. The van der Waals surface area contributed by atoms with E-state index < -0.39 is 6.36 Å². The highest BCUT2D eigenvalue weighted by Gasteiger charge is 2.32. The minimum Gasteiger partial charge on any atom is -0.485 e. The van der Waals surface area contributed by atoms with Gasteiger partial charge in [-0.2, -0.15) is 0 Å². The molecule has 0 heterocycles. The van der Waals surface area contributed by atoms with Gasteiger partial charge in [0.25, 0.3) is 0 Å². The molecule has 21 heavy (non-hydrogen) atoms. The summed E-state index contributed by atoms with van der Waals surface area (Å²) in [5, 5.41) is 8.93. The second kappa shape index (κ2) is 6.49. The largest absolute Gasteiger partial charge is 0.573 e. The molecule has 1 N–H and O–H groups in total. The molecular weight excluding hydrogens is 285 g/mol. The fraction of sp³-hybridized carbons (Fsp3) is 0.200. The van der Waals surface area contributed by atoms with Crippen molar-refractivity contribution in [2.45, 2.75) is 19.6 Å². The van der Waals surface area contributed by atoms with Crippen molar-refractivity contribution in [3.8, 4) is 11.5 Å². The Balaban J connectivity index is 2.05. The van der Waals surface area contributed by atoms with E-state index in [1.807, 2.05) is 0 Å². The monoisotopic (exact) mass is 298 g/mol. The van der Waals surface area contributed by atoms with Gasteiger partial charge in [-0.15, -0.1) is 13.2 Å². The third kappa shape index (κ3) is 4.68. The Hall–Kier alpha value is -2.21. The number of benzene rings is 2. The van der Waals surface area contributed by atoms with Crippen molar-refractivity contribution in [3.63, 3.8) is 0 Å². The van der Waals surface area contributed by atoms with Crippen LogP contribution in [0.2, 0.25) is 0 Å². The molecule has 0 saturated carbocycles. The summed E-state index contributed by atoms with van der Waals surface area (Å²) in [5.74, 6) is -0.363. The molecule has 0 amide bonds. The average molecular weight is 298 g/mol. The summed E-state index contributed by atoms with van der Waals surface area (Å²) in [6.07, 6.45) is -4.76. The molecule has 6 heteroatoms. The Kier molecular flexibility index (Phi) is 4.70. The third-order valence-corrected chi connectivity index (χ3v) is 2.67. The van der Waals surface area contributed by atoms with Crippen LogP contribution in [0, 0.1) is 0 Å². The van der Waals surface area contributed by atoms with E-state index in [9.17, 15) is 13.2 Å². The van der Waals surface area contributed by atoms with Crippen LogP contribution in [-0.4, -0.2) is 11.5 Å². The molecule has 2 aromatic rings. The van der Waals surface area contributed by atoms with E-state index in [1.54, 1.807) is 30.3 Å². The number of aliphatic hydroxyl groups excluding tert-OH is 1. The number of rotatable bonds is 5. The van der Waals surface area contributed by atoms with Gasteiger partial charge >= 0.3 is 6.36 Å². The molecule has 112 valence electrons. The van der Waals surface area contributed by atoms with Crippen LogP contribution in [0.5, 0.6) is 11.5 Å². The van der Waals surface area contributed by atoms with Crippen LogP contribution in [0.1, 0.15) is 11.1 Å². The SMILES string of the molecule is OCc1ccc(COc2ccccc2OC(F)(F)F)cc1. The molecule has 0 aliphatic heterocycles. The number of ether oxygens (including phenoxy) is 2. The third-order valence-electron chi connectivity index (χ3n) is 2.67. The van der Waals surface area contributed by atoms with Gasteiger partial charge in [-0.3, -0.25) is 0 Å². The zero-order valence-electron chi connectivity index (χ0n) is 10.9. The lowest BCUT2D eigenvalue weighted by Crippen LogP contribution is -2.17. The summed E-state index contributed by atoms with van der Waals surface area (Å²) >= 11 is 0.